The largest absolute Gasteiger partial charge is 0.381 e. The van der Waals surface area contributed by atoms with Gasteiger partial charge in [-0.3, -0.25) is 4.79 Å². The van der Waals surface area contributed by atoms with Crippen LogP contribution in [0.2, 0.25) is 0 Å². The van der Waals surface area contributed by atoms with Crippen molar-refractivity contribution in [3.63, 3.8) is 0 Å². The summed E-state index contributed by atoms with van der Waals surface area (Å²) in [6.45, 7) is 0. The Labute approximate surface area is 113 Å². The van der Waals surface area contributed by atoms with E-state index in [9.17, 15) is 9.90 Å². The summed E-state index contributed by atoms with van der Waals surface area (Å²) in [4.78, 5) is 11.9. The summed E-state index contributed by atoms with van der Waals surface area (Å²) in [5, 5.41) is 9.94. The minimum atomic E-state index is -0.989. The fraction of sp³-hybridized carbons (Fsp3) is 0.235. The Morgan fingerprint density at radius 3 is 2.16 bits per heavy atom. The molecule has 0 amide bonds. The minimum absolute atomic E-state index is 0.109. The van der Waals surface area contributed by atoms with Crippen LogP contribution in [0, 0.1) is 0 Å². The van der Waals surface area contributed by atoms with Crippen molar-refractivity contribution in [3.05, 3.63) is 71.8 Å². The molecule has 2 aromatic carbocycles. The van der Waals surface area contributed by atoms with E-state index in [1.54, 1.807) is 12.1 Å². The Morgan fingerprint density at radius 1 is 0.947 bits per heavy atom. The average Bonchev–Trinajstić information content (AvgIpc) is 2.48. The maximum absolute atomic E-state index is 11.9. The zero-order valence-electron chi connectivity index (χ0n) is 10.8. The maximum Gasteiger partial charge on any atom is 0.165 e. The summed E-state index contributed by atoms with van der Waals surface area (Å²) in [6.07, 6.45) is 1.06. The van der Waals surface area contributed by atoms with E-state index in [4.69, 9.17) is 0 Å². The third kappa shape index (κ3) is 4.04. The number of aliphatic hydroxyl groups is 1. The van der Waals surface area contributed by atoms with Crippen LogP contribution < -0.4 is 0 Å². The number of carbonyl (C=O) groups is 1. The Bertz CT molecular complexity index is 505. The van der Waals surface area contributed by atoms with Crippen LogP contribution in [0.4, 0.5) is 0 Å². The molecule has 2 nitrogen and oxygen atoms in total. The van der Waals surface area contributed by atoms with Gasteiger partial charge in [0.2, 0.25) is 0 Å². The van der Waals surface area contributed by atoms with Gasteiger partial charge in [0.05, 0.1) is 0 Å². The molecule has 0 spiro atoms. The normalized spacial score (nSPS) is 12.1. The van der Waals surface area contributed by atoms with Gasteiger partial charge in [-0.2, -0.15) is 0 Å². The summed E-state index contributed by atoms with van der Waals surface area (Å²) in [5.41, 5.74) is 1.90. The lowest BCUT2D eigenvalue weighted by Crippen LogP contribution is -2.11. The van der Waals surface area contributed by atoms with Gasteiger partial charge in [0.25, 0.3) is 0 Å². The van der Waals surface area contributed by atoms with Crippen molar-refractivity contribution in [2.75, 3.05) is 0 Å². The zero-order chi connectivity index (χ0) is 13.5. The van der Waals surface area contributed by atoms with Crippen molar-refractivity contribution in [1.82, 2.24) is 0 Å². The lowest BCUT2D eigenvalue weighted by Gasteiger charge is -2.09. The van der Waals surface area contributed by atoms with Crippen molar-refractivity contribution in [2.24, 2.45) is 0 Å². The average molecular weight is 254 g/mol. The highest BCUT2D eigenvalue weighted by molar-refractivity contribution is 5.84. The van der Waals surface area contributed by atoms with Crippen molar-refractivity contribution in [1.29, 1.82) is 0 Å². The first kappa shape index (κ1) is 13.5. The first-order valence-electron chi connectivity index (χ1n) is 6.57. The van der Waals surface area contributed by atoms with E-state index in [0.717, 1.165) is 12.8 Å². The van der Waals surface area contributed by atoms with Gasteiger partial charge < -0.3 is 5.11 Å². The number of rotatable bonds is 6. The van der Waals surface area contributed by atoms with Crippen LogP contribution in [0.5, 0.6) is 0 Å². The molecule has 2 rings (SSSR count). The van der Waals surface area contributed by atoms with Crippen molar-refractivity contribution in [3.8, 4) is 0 Å². The van der Waals surface area contributed by atoms with E-state index >= 15 is 0 Å². The number of benzene rings is 2. The molecular weight excluding hydrogens is 236 g/mol. The van der Waals surface area contributed by atoms with Gasteiger partial charge >= 0.3 is 0 Å². The molecular formula is C17H18O2. The van der Waals surface area contributed by atoms with Crippen LogP contribution in [0.15, 0.2) is 60.7 Å². The summed E-state index contributed by atoms with van der Waals surface area (Å²) < 4.78 is 0. The van der Waals surface area contributed by atoms with Crippen LogP contribution in [0.3, 0.4) is 0 Å². The Kier molecular flexibility index (Phi) is 4.87. The van der Waals surface area contributed by atoms with Gasteiger partial charge in [-0.1, -0.05) is 60.7 Å². The lowest BCUT2D eigenvalue weighted by molar-refractivity contribution is -0.127. The monoisotopic (exact) mass is 254 g/mol. The second kappa shape index (κ2) is 6.86. The molecule has 0 aliphatic rings. The number of Topliss-reactive ketones (excluding diaryl/α,β-unsaturated/α-hetero) is 1. The predicted molar refractivity (Wildman–Crippen MR) is 75.8 cm³/mol. The summed E-state index contributed by atoms with van der Waals surface area (Å²) in [7, 11) is 0. The number of carbonyl (C=O) groups excluding carboxylic acids is 1. The van der Waals surface area contributed by atoms with E-state index in [0.29, 0.717) is 12.0 Å². The van der Waals surface area contributed by atoms with Gasteiger partial charge in [-0.05, 0) is 24.0 Å². The molecule has 2 heteroatoms. The maximum atomic E-state index is 11.9. The molecule has 98 valence electrons. The molecule has 0 bridgehead atoms. The zero-order valence-corrected chi connectivity index (χ0v) is 10.8. The fourth-order valence-corrected chi connectivity index (χ4v) is 2.07. The summed E-state index contributed by atoms with van der Waals surface area (Å²) >= 11 is 0. The molecule has 0 radical (unpaired) electrons. The number of ketones is 1. The van der Waals surface area contributed by atoms with Gasteiger partial charge in [0, 0.05) is 6.42 Å². The number of hydrogen-bond acceptors (Lipinski definition) is 2. The molecule has 0 aliphatic carbocycles. The quantitative estimate of drug-likeness (QED) is 0.858. The molecule has 1 unspecified atom stereocenters. The van der Waals surface area contributed by atoms with E-state index in [2.05, 4.69) is 12.1 Å². The molecule has 0 fully saturated rings. The van der Waals surface area contributed by atoms with E-state index in [1.807, 2.05) is 36.4 Å². The van der Waals surface area contributed by atoms with Gasteiger partial charge in [-0.15, -0.1) is 0 Å². The second-order valence-corrected chi connectivity index (χ2v) is 4.62. The second-order valence-electron chi connectivity index (χ2n) is 4.62. The van der Waals surface area contributed by atoms with Gasteiger partial charge in [-0.25, -0.2) is 0 Å². The van der Waals surface area contributed by atoms with Crippen LogP contribution in [0.1, 0.15) is 30.1 Å². The molecule has 0 saturated carbocycles. The lowest BCUT2D eigenvalue weighted by atomic mass is 10.0. The highest BCUT2D eigenvalue weighted by Gasteiger charge is 2.16. The molecule has 0 aliphatic heterocycles. The minimum Gasteiger partial charge on any atom is -0.381 e. The first-order valence-corrected chi connectivity index (χ1v) is 6.57. The molecule has 0 aromatic heterocycles. The standard InChI is InChI=1S/C17H18O2/c18-16(17(19)15-11-5-2-6-12-15)13-7-10-14-8-3-1-4-9-14/h1-6,8-9,11-12,17,19H,7,10,13H2. The smallest absolute Gasteiger partial charge is 0.165 e. The summed E-state index contributed by atoms with van der Waals surface area (Å²) in [5.74, 6) is -0.109. The van der Waals surface area contributed by atoms with Crippen LogP contribution >= 0.6 is 0 Å². The SMILES string of the molecule is O=C(CCCc1ccccc1)C(O)c1ccccc1. The molecule has 1 atom stereocenters. The topological polar surface area (TPSA) is 37.3 Å². The molecule has 19 heavy (non-hydrogen) atoms. The first-order chi connectivity index (χ1) is 9.27. The highest BCUT2D eigenvalue weighted by Crippen LogP contribution is 2.16. The molecule has 2 aromatic rings. The predicted octanol–water partition coefficient (Wildman–Crippen LogP) is 3.31. The van der Waals surface area contributed by atoms with Crippen molar-refractivity contribution in [2.45, 2.75) is 25.4 Å². The Hall–Kier alpha value is -1.93. The van der Waals surface area contributed by atoms with E-state index in [1.165, 1.54) is 5.56 Å². The molecule has 1 N–H and O–H groups in total. The van der Waals surface area contributed by atoms with Crippen molar-refractivity contribution >= 4 is 5.78 Å². The van der Waals surface area contributed by atoms with E-state index in [-0.39, 0.29) is 5.78 Å². The highest BCUT2D eigenvalue weighted by atomic mass is 16.3. The van der Waals surface area contributed by atoms with Crippen LogP contribution in [-0.2, 0) is 11.2 Å². The van der Waals surface area contributed by atoms with Crippen LogP contribution in [0.25, 0.3) is 0 Å². The number of hydrogen-bond donors (Lipinski definition) is 1. The fourth-order valence-electron chi connectivity index (χ4n) is 2.07. The summed E-state index contributed by atoms with van der Waals surface area (Å²) in [6, 6.07) is 19.2. The third-order valence-corrected chi connectivity index (χ3v) is 3.15. The Balaban J connectivity index is 1.82. The number of aryl methyl sites for hydroxylation is 1. The molecule has 0 saturated heterocycles. The number of aliphatic hydroxyl groups excluding tert-OH is 1. The Morgan fingerprint density at radius 2 is 1.53 bits per heavy atom. The van der Waals surface area contributed by atoms with Gasteiger partial charge in [0.1, 0.15) is 6.10 Å². The third-order valence-electron chi connectivity index (χ3n) is 3.15. The van der Waals surface area contributed by atoms with Crippen molar-refractivity contribution < 1.29 is 9.90 Å². The van der Waals surface area contributed by atoms with E-state index < -0.39 is 6.10 Å². The van der Waals surface area contributed by atoms with Gasteiger partial charge in [0.15, 0.2) is 5.78 Å². The van der Waals surface area contributed by atoms with Crippen LogP contribution in [-0.4, -0.2) is 10.9 Å². The molecule has 0 heterocycles.